The molecule has 0 bridgehead atoms. The summed E-state index contributed by atoms with van der Waals surface area (Å²) in [7, 11) is 1.62. The Labute approximate surface area is 235 Å². The fraction of sp³-hybridized carbons (Fsp3) is 0.367. The van der Waals surface area contributed by atoms with Crippen molar-refractivity contribution in [3.8, 4) is 5.75 Å². The lowest BCUT2D eigenvalue weighted by Crippen LogP contribution is -2.54. The molecule has 0 aliphatic carbocycles. The molecule has 3 aromatic carbocycles. The van der Waals surface area contributed by atoms with Crippen LogP contribution in [0.15, 0.2) is 78.9 Å². The van der Waals surface area contributed by atoms with E-state index in [9.17, 15) is 9.90 Å². The van der Waals surface area contributed by atoms with Gasteiger partial charge < -0.3 is 30.0 Å². The molecule has 1 amide bonds. The number of benzene rings is 3. The molecule has 0 unspecified atom stereocenters. The molecule has 40 heavy (non-hydrogen) atoms. The van der Waals surface area contributed by atoms with Crippen LogP contribution >= 0.6 is 0 Å². The van der Waals surface area contributed by atoms with Crippen LogP contribution in [0.5, 0.6) is 5.75 Å². The zero-order chi connectivity index (χ0) is 28.2. The topological polar surface area (TPSA) is 122 Å². The predicted molar refractivity (Wildman–Crippen MR) is 153 cm³/mol. The number of ether oxygens (including phenoxy) is 3. The average molecular weight is 550 g/mol. The minimum absolute atomic E-state index is 0.146. The molecule has 1 heterocycles. The first-order valence-electron chi connectivity index (χ1n) is 13.5. The van der Waals surface area contributed by atoms with E-state index in [1.807, 2.05) is 66.7 Å². The third-order valence-electron chi connectivity index (χ3n) is 6.75. The number of amides is 1. The number of hydrogen-bond acceptors (Lipinski definition) is 9. The Morgan fingerprint density at radius 2 is 1.68 bits per heavy atom. The third-order valence-corrected chi connectivity index (χ3v) is 6.75. The standard InChI is InChI=1S/C30H39N5O5/c1-38-27-13-9-23(10-14-27)19-28(31)29(36)21-35(33-32-30(37)40-22-25-5-3-2-4-6-25)20-24-7-11-26(12-8-24)34-15-17-39-18-16-34/h2-14,28-29,33,36H,15-22,31H2,1H3,(H,32,37)/t28-,29-/m0/s1. The number of carbonyl (C=O) groups excluding carboxylic acids is 1. The maximum absolute atomic E-state index is 12.4. The molecule has 0 saturated carbocycles. The molecule has 10 nitrogen and oxygen atoms in total. The molecule has 1 aliphatic rings. The van der Waals surface area contributed by atoms with Gasteiger partial charge in [-0.1, -0.05) is 54.6 Å². The highest BCUT2D eigenvalue weighted by molar-refractivity contribution is 5.66. The summed E-state index contributed by atoms with van der Waals surface area (Å²) in [6.45, 7) is 3.89. The van der Waals surface area contributed by atoms with Gasteiger partial charge in [0, 0.05) is 37.9 Å². The Bertz CT molecular complexity index is 1160. The van der Waals surface area contributed by atoms with Gasteiger partial charge in [-0.3, -0.25) is 0 Å². The van der Waals surface area contributed by atoms with Crippen molar-refractivity contribution < 1.29 is 24.1 Å². The van der Waals surface area contributed by atoms with Crippen molar-refractivity contribution in [3.05, 3.63) is 95.6 Å². The molecule has 4 rings (SSSR count). The van der Waals surface area contributed by atoms with E-state index in [4.69, 9.17) is 19.9 Å². The van der Waals surface area contributed by atoms with Gasteiger partial charge in [0.05, 0.1) is 26.4 Å². The van der Waals surface area contributed by atoms with Gasteiger partial charge in [0.1, 0.15) is 12.4 Å². The monoisotopic (exact) mass is 549 g/mol. The van der Waals surface area contributed by atoms with Crippen LogP contribution in [-0.2, 0) is 29.0 Å². The summed E-state index contributed by atoms with van der Waals surface area (Å²) in [4.78, 5) is 14.7. The molecule has 1 fully saturated rings. The predicted octanol–water partition coefficient (Wildman–Crippen LogP) is 2.61. The summed E-state index contributed by atoms with van der Waals surface area (Å²) in [5, 5.41) is 12.7. The van der Waals surface area contributed by atoms with E-state index in [2.05, 4.69) is 28.0 Å². The number of aliphatic hydroxyl groups is 1. The second-order valence-electron chi connectivity index (χ2n) is 9.73. The number of carbonyl (C=O) groups is 1. The van der Waals surface area contributed by atoms with E-state index < -0.39 is 18.2 Å². The number of aliphatic hydroxyl groups excluding tert-OH is 1. The van der Waals surface area contributed by atoms with Crippen molar-refractivity contribution >= 4 is 11.8 Å². The van der Waals surface area contributed by atoms with Gasteiger partial charge in [0.2, 0.25) is 0 Å². The van der Waals surface area contributed by atoms with Gasteiger partial charge in [-0.25, -0.2) is 15.2 Å². The van der Waals surface area contributed by atoms with E-state index in [0.717, 1.165) is 54.4 Å². The first kappa shape index (κ1) is 29.3. The molecule has 0 aromatic heterocycles. The van der Waals surface area contributed by atoms with Crippen molar-refractivity contribution in [2.24, 2.45) is 5.73 Å². The summed E-state index contributed by atoms with van der Waals surface area (Å²) in [5.41, 5.74) is 15.8. The molecule has 5 N–H and O–H groups in total. The minimum Gasteiger partial charge on any atom is -0.497 e. The Hall–Kier alpha value is -3.67. The smallest absolute Gasteiger partial charge is 0.423 e. The molecule has 3 aromatic rings. The van der Waals surface area contributed by atoms with E-state index in [1.165, 1.54) is 0 Å². The van der Waals surface area contributed by atoms with Gasteiger partial charge in [-0.05, 0) is 47.4 Å². The fourth-order valence-corrected chi connectivity index (χ4v) is 4.42. The second kappa shape index (κ2) is 15.2. The van der Waals surface area contributed by atoms with Crippen LogP contribution in [0.4, 0.5) is 10.5 Å². The molecule has 10 heteroatoms. The lowest BCUT2D eigenvalue weighted by molar-refractivity contribution is 0.0427. The molecular formula is C30H39N5O5. The van der Waals surface area contributed by atoms with E-state index in [0.29, 0.717) is 13.0 Å². The quantitative estimate of drug-likeness (QED) is 0.238. The lowest BCUT2D eigenvalue weighted by Gasteiger charge is -2.30. The van der Waals surface area contributed by atoms with Crippen LogP contribution in [-0.4, -0.2) is 68.3 Å². The van der Waals surface area contributed by atoms with E-state index in [-0.39, 0.29) is 13.2 Å². The van der Waals surface area contributed by atoms with Crippen molar-refractivity contribution in [3.63, 3.8) is 0 Å². The number of anilines is 1. The number of morpholine rings is 1. The summed E-state index contributed by atoms with van der Waals surface area (Å²) in [6, 6.07) is 24.8. The highest BCUT2D eigenvalue weighted by atomic mass is 16.6. The first-order chi connectivity index (χ1) is 19.5. The van der Waals surface area contributed by atoms with Crippen LogP contribution in [0.25, 0.3) is 0 Å². The number of hydrogen-bond donors (Lipinski definition) is 4. The Morgan fingerprint density at radius 3 is 2.35 bits per heavy atom. The van der Waals surface area contributed by atoms with E-state index in [1.54, 1.807) is 12.1 Å². The van der Waals surface area contributed by atoms with Crippen molar-refractivity contribution in [2.45, 2.75) is 31.7 Å². The van der Waals surface area contributed by atoms with Gasteiger partial charge in [-0.15, -0.1) is 0 Å². The summed E-state index contributed by atoms with van der Waals surface area (Å²) in [6.07, 6.45) is -1.02. The molecule has 1 saturated heterocycles. The molecule has 0 spiro atoms. The molecule has 214 valence electrons. The number of hydrazine groups is 2. The normalized spacial score (nSPS) is 14.9. The van der Waals surface area contributed by atoms with Gasteiger partial charge in [-0.2, -0.15) is 5.53 Å². The van der Waals surface area contributed by atoms with Crippen LogP contribution in [0.3, 0.4) is 0 Å². The highest BCUT2D eigenvalue weighted by Gasteiger charge is 2.20. The number of rotatable bonds is 13. The van der Waals surface area contributed by atoms with Crippen LogP contribution < -0.4 is 26.3 Å². The van der Waals surface area contributed by atoms with Crippen LogP contribution in [0.1, 0.15) is 16.7 Å². The number of nitrogens with one attached hydrogen (secondary N) is 2. The number of nitrogens with zero attached hydrogens (tertiary/aromatic N) is 2. The molecule has 2 atom stereocenters. The van der Waals surface area contributed by atoms with Gasteiger partial charge >= 0.3 is 6.09 Å². The van der Waals surface area contributed by atoms with Gasteiger partial charge in [0.15, 0.2) is 0 Å². The highest BCUT2D eigenvalue weighted by Crippen LogP contribution is 2.18. The average Bonchev–Trinajstić information content (AvgIpc) is 3.00. The summed E-state index contributed by atoms with van der Waals surface area (Å²) >= 11 is 0. The third kappa shape index (κ3) is 9.22. The Kier molecular flexibility index (Phi) is 11.1. The van der Waals surface area contributed by atoms with Crippen molar-refractivity contribution in [1.82, 2.24) is 16.0 Å². The first-order valence-corrected chi connectivity index (χ1v) is 13.5. The van der Waals surface area contributed by atoms with E-state index >= 15 is 0 Å². The number of nitrogens with two attached hydrogens (primary N) is 1. The molecular weight excluding hydrogens is 510 g/mol. The largest absolute Gasteiger partial charge is 0.497 e. The summed E-state index contributed by atoms with van der Waals surface area (Å²) in [5.74, 6) is 0.762. The Balaban J connectivity index is 1.35. The lowest BCUT2D eigenvalue weighted by atomic mass is 10.0. The van der Waals surface area contributed by atoms with Crippen molar-refractivity contribution in [2.75, 3.05) is 44.9 Å². The van der Waals surface area contributed by atoms with Crippen LogP contribution in [0, 0.1) is 0 Å². The molecule has 1 aliphatic heterocycles. The van der Waals surface area contributed by atoms with Crippen molar-refractivity contribution in [1.29, 1.82) is 0 Å². The maximum atomic E-state index is 12.4. The van der Waals surface area contributed by atoms with Gasteiger partial charge in [0.25, 0.3) is 0 Å². The SMILES string of the molecule is COc1ccc(C[C@H](N)[C@@H](O)CN(Cc2ccc(N3CCOCC3)cc2)NNC(=O)OCc2ccccc2)cc1. The second-order valence-corrected chi connectivity index (χ2v) is 9.73. The maximum Gasteiger partial charge on any atom is 0.423 e. The minimum atomic E-state index is -0.871. The zero-order valence-electron chi connectivity index (χ0n) is 22.9. The zero-order valence-corrected chi connectivity index (χ0v) is 22.9. The summed E-state index contributed by atoms with van der Waals surface area (Å²) < 4.78 is 16.0. The van der Waals surface area contributed by atoms with Crippen LogP contribution in [0.2, 0.25) is 0 Å². The Morgan fingerprint density at radius 1 is 1.00 bits per heavy atom. The number of methoxy groups -OCH3 is 1. The fourth-order valence-electron chi connectivity index (χ4n) is 4.42. The molecule has 0 radical (unpaired) electrons.